The monoisotopic (exact) mass is 334 g/mol. The van der Waals surface area contributed by atoms with Crippen LogP contribution in [0.1, 0.15) is 34.5 Å². The molecular weight excluding hydrogens is 312 g/mol. The topological polar surface area (TPSA) is 51.0 Å². The Hall–Kier alpha value is -2.69. The SMILES string of the molecule is Cc1ccc2nc(C)cc(C(=O)N3CCC[C@H]3Cn3cccn3)c2c1. The van der Waals surface area contributed by atoms with E-state index in [-0.39, 0.29) is 11.9 Å². The molecule has 1 aliphatic heterocycles. The third-order valence-electron chi connectivity index (χ3n) is 4.92. The van der Waals surface area contributed by atoms with Gasteiger partial charge in [-0.25, -0.2) is 0 Å². The summed E-state index contributed by atoms with van der Waals surface area (Å²) < 4.78 is 1.91. The summed E-state index contributed by atoms with van der Waals surface area (Å²) in [6.45, 7) is 5.55. The molecule has 2 aromatic heterocycles. The molecule has 1 amide bonds. The summed E-state index contributed by atoms with van der Waals surface area (Å²) in [7, 11) is 0. The Morgan fingerprint density at radius 2 is 2.16 bits per heavy atom. The molecule has 0 radical (unpaired) electrons. The number of hydrogen-bond acceptors (Lipinski definition) is 3. The van der Waals surface area contributed by atoms with Gasteiger partial charge in [0.1, 0.15) is 0 Å². The van der Waals surface area contributed by atoms with Gasteiger partial charge in [-0.1, -0.05) is 11.6 Å². The Kier molecular flexibility index (Phi) is 3.99. The zero-order chi connectivity index (χ0) is 17.4. The molecule has 3 aromatic rings. The molecule has 0 saturated carbocycles. The van der Waals surface area contributed by atoms with Gasteiger partial charge in [-0.05, 0) is 51.0 Å². The summed E-state index contributed by atoms with van der Waals surface area (Å²) in [6, 6.07) is 10.1. The van der Waals surface area contributed by atoms with Gasteiger partial charge < -0.3 is 4.90 Å². The maximum Gasteiger partial charge on any atom is 0.254 e. The average molecular weight is 334 g/mol. The van der Waals surface area contributed by atoms with Gasteiger partial charge in [-0.3, -0.25) is 14.5 Å². The summed E-state index contributed by atoms with van der Waals surface area (Å²) in [5.41, 5.74) is 3.67. The molecule has 0 spiro atoms. The van der Waals surface area contributed by atoms with Gasteiger partial charge in [0.25, 0.3) is 5.91 Å². The molecule has 25 heavy (non-hydrogen) atoms. The summed E-state index contributed by atoms with van der Waals surface area (Å²) in [4.78, 5) is 19.9. The number of carbonyl (C=O) groups excluding carboxylic acids is 1. The highest BCUT2D eigenvalue weighted by molar-refractivity contribution is 6.06. The molecule has 0 bridgehead atoms. The Labute approximate surface area is 147 Å². The number of hydrogen-bond donors (Lipinski definition) is 0. The Bertz CT molecular complexity index is 917. The molecule has 4 rings (SSSR count). The number of benzene rings is 1. The van der Waals surface area contributed by atoms with Crippen molar-refractivity contribution in [2.24, 2.45) is 0 Å². The Balaban J connectivity index is 1.70. The normalized spacial score (nSPS) is 17.4. The van der Waals surface area contributed by atoms with E-state index in [1.54, 1.807) is 6.20 Å². The number of likely N-dealkylation sites (tertiary alicyclic amines) is 1. The Morgan fingerprint density at radius 1 is 1.28 bits per heavy atom. The number of aromatic nitrogens is 3. The number of pyridine rings is 1. The smallest absolute Gasteiger partial charge is 0.254 e. The standard InChI is InChI=1S/C20H22N4O/c1-14-6-7-19-17(11-14)18(12-15(2)22-19)20(25)24-10-3-5-16(24)13-23-9-4-8-21-23/h4,6-9,11-12,16H,3,5,10,13H2,1-2H3/t16-/m0/s1. The number of amides is 1. The van der Waals surface area contributed by atoms with Gasteiger partial charge in [-0.2, -0.15) is 5.10 Å². The molecule has 0 aliphatic carbocycles. The van der Waals surface area contributed by atoms with Crippen LogP contribution in [0.25, 0.3) is 10.9 Å². The molecule has 128 valence electrons. The third kappa shape index (κ3) is 3.02. The molecule has 5 nitrogen and oxygen atoms in total. The van der Waals surface area contributed by atoms with Gasteiger partial charge in [-0.15, -0.1) is 0 Å². The Morgan fingerprint density at radius 3 is 2.96 bits per heavy atom. The molecule has 3 heterocycles. The predicted molar refractivity (Wildman–Crippen MR) is 97.5 cm³/mol. The van der Waals surface area contributed by atoms with Crippen molar-refractivity contribution >= 4 is 16.8 Å². The minimum Gasteiger partial charge on any atom is -0.334 e. The minimum atomic E-state index is 0.107. The van der Waals surface area contributed by atoms with E-state index in [1.165, 1.54) is 0 Å². The van der Waals surface area contributed by atoms with E-state index < -0.39 is 0 Å². The van der Waals surface area contributed by atoms with Crippen molar-refractivity contribution in [1.82, 2.24) is 19.7 Å². The average Bonchev–Trinajstić information content (AvgIpc) is 3.26. The van der Waals surface area contributed by atoms with Crippen LogP contribution in [0.2, 0.25) is 0 Å². The van der Waals surface area contributed by atoms with Crippen molar-refractivity contribution in [3.63, 3.8) is 0 Å². The number of aryl methyl sites for hydroxylation is 2. The minimum absolute atomic E-state index is 0.107. The fourth-order valence-corrected chi connectivity index (χ4v) is 3.72. The number of carbonyl (C=O) groups is 1. The molecule has 1 aliphatic rings. The maximum atomic E-state index is 13.3. The van der Waals surface area contributed by atoms with Crippen LogP contribution in [-0.2, 0) is 6.54 Å². The van der Waals surface area contributed by atoms with Crippen LogP contribution in [0.15, 0.2) is 42.7 Å². The van der Waals surface area contributed by atoms with Crippen LogP contribution in [0.5, 0.6) is 0 Å². The molecule has 0 unspecified atom stereocenters. The van der Waals surface area contributed by atoms with Crippen molar-refractivity contribution in [1.29, 1.82) is 0 Å². The summed E-state index contributed by atoms with van der Waals surface area (Å²) in [5, 5.41) is 5.24. The van der Waals surface area contributed by atoms with Crippen LogP contribution in [0, 0.1) is 13.8 Å². The fraction of sp³-hybridized carbons (Fsp3) is 0.350. The highest BCUT2D eigenvalue weighted by atomic mass is 16.2. The number of nitrogens with zero attached hydrogens (tertiary/aromatic N) is 4. The van der Waals surface area contributed by atoms with E-state index in [0.717, 1.165) is 53.7 Å². The lowest BCUT2D eigenvalue weighted by Crippen LogP contribution is -2.38. The second-order valence-electron chi connectivity index (χ2n) is 6.85. The van der Waals surface area contributed by atoms with Crippen molar-refractivity contribution in [3.05, 3.63) is 59.5 Å². The lowest BCUT2D eigenvalue weighted by atomic mass is 10.0. The van der Waals surface area contributed by atoms with Crippen molar-refractivity contribution in [3.8, 4) is 0 Å². The van der Waals surface area contributed by atoms with Gasteiger partial charge in [0, 0.05) is 30.0 Å². The molecule has 5 heteroatoms. The fourth-order valence-electron chi connectivity index (χ4n) is 3.72. The van der Waals surface area contributed by atoms with Crippen molar-refractivity contribution in [2.45, 2.75) is 39.3 Å². The lowest BCUT2D eigenvalue weighted by Gasteiger charge is -2.25. The first-order valence-electron chi connectivity index (χ1n) is 8.78. The van der Waals surface area contributed by atoms with Crippen LogP contribution in [0.3, 0.4) is 0 Å². The second-order valence-corrected chi connectivity index (χ2v) is 6.85. The highest BCUT2D eigenvalue weighted by Crippen LogP contribution is 2.26. The van der Waals surface area contributed by atoms with Crippen LogP contribution >= 0.6 is 0 Å². The molecule has 1 saturated heterocycles. The molecule has 0 N–H and O–H groups in total. The quantitative estimate of drug-likeness (QED) is 0.738. The zero-order valence-corrected chi connectivity index (χ0v) is 14.6. The van der Waals surface area contributed by atoms with Gasteiger partial charge >= 0.3 is 0 Å². The van der Waals surface area contributed by atoms with E-state index in [0.29, 0.717) is 0 Å². The summed E-state index contributed by atoms with van der Waals surface area (Å²) in [6.07, 6.45) is 5.80. The highest BCUT2D eigenvalue weighted by Gasteiger charge is 2.30. The van der Waals surface area contributed by atoms with E-state index in [2.05, 4.69) is 16.1 Å². The largest absolute Gasteiger partial charge is 0.334 e. The van der Waals surface area contributed by atoms with Crippen LogP contribution < -0.4 is 0 Å². The van der Waals surface area contributed by atoms with E-state index >= 15 is 0 Å². The predicted octanol–water partition coefficient (Wildman–Crippen LogP) is 3.35. The van der Waals surface area contributed by atoms with Crippen molar-refractivity contribution in [2.75, 3.05) is 6.54 Å². The summed E-state index contributed by atoms with van der Waals surface area (Å²) >= 11 is 0. The van der Waals surface area contributed by atoms with E-state index in [9.17, 15) is 4.79 Å². The molecule has 1 fully saturated rings. The number of rotatable bonds is 3. The first-order chi connectivity index (χ1) is 12.1. The molecule has 1 atom stereocenters. The number of fused-ring (bicyclic) bond motifs is 1. The van der Waals surface area contributed by atoms with Gasteiger partial charge in [0.15, 0.2) is 0 Å². The van der Waals surface area contributed by atoms with E-state index in [1.807, 2.05) is 53.9 Å². The maximum absolute atomic E-state index is 13.3. The van der Waals surface area contributed by atoms with Crippen molar-refractivity contribution < 1.29 is 4.79 Å². The lowest BCUT2D eigenvalue weighted by molar-refractivity contribution is 0.0723. The summed E-state index contributed by atoms with van der Waals surface area (Å²) in [5.74, 6) is 0.107. The first-order valence-corrected chi connectivity index (χ1v) is 8.78. The molecular formula is C20H22N4O. The van der Waals surface area contributed by atoms with Crippen LogP contribution in [-0.4, -0.2) is 38.2 Å². The first kappa shape index (κ1) is 15.8. The zero-order valence-electron chi connectivity index (χ0n) is 14.6. The molecule has 1 aromatic carbocycles. The third-order valence-corrected chi connectivity index (χ3v) is 4.92. The van der Waals surface area contributed by atoms with E-state index in [4.69, 9.17) is 0 Å². The second kappa shape index (κ2) is 6.31. The van der Waals surface area contributed by atoms with Gasteiger partial charge in [0.05, 0.1) is 23.7 Å². The van der Waals surface area contributed by atoms with Crippen LogP contribution in [0.4, 0.5) is 0 Å². The van der Waals surface area contributed by atoms with Gasteiger partial charge in [0.2, 0.25) is 0 Å².